The van der Waals surface area contributed by atoms with Gasteiger partial charge in [-0.2, -0.15) is 5.26 Å². The minimum Gasteiger partial charge on any atom is -0.493 e. The van der Waals surface area contributed by atoms with Crippen molar-refractivity contribution in [1.82, 2.24) is 4.57 Å². The smallest absolute Gasteiger partial charge is 0.302 e. The molecule has 0 unspecified atom stereocenters. The molecule has 0 spiro atoms. The molecular formula is C21H20N4O3. The number of aromatic hydroxyl groups is 1. The molecule has 0 aliphatic rings. The molecule has 0 aliphatic heterocycles. The van der Waals surface area contributed by atoms with E-state index >= 15 is 0 Å². The number of carbonyl (C=O) groups is 1. The first kappa shape index (κ1) is 19.1. The molecule has 3 aromatic rings. The van der Waals surface area contributed by atoms with Crippen LogP contribution in [0, 0.1) is 11.3 Å². The van der Waals surface area contributed by atoms with Crippen LogP contribution in [0.1, 0.15) is 25.3 Å². The van der Waals surface area contributed by atoms with Crippen LogP contribution in [0.25, 0.3) is 10.9 Å². The van der Waals surface area contributed by atoms with Crippen molar-refractivity contribution in [3.8, 4) is 17.7 Å². The van der Waals surface area contributed by atoms with Crippen LogP contribution in [0.15, 0.2) is 58.8 Å². The Bertz CT molecular complexity index is 1060. The summed E-state index contributed by atoms with van der Waals surface area (Å²) < 4.78 is 7.14. The molecule has 0 atom stereocenters. The summed E-state index contributed by atoms with van der Waals surface area (Å²) in [6, 6.07) is 16.1. The maximum atomic E-state index is 12.1. The van der Waals surface area contributed by atoms with Gasteiger partial charge in [-0.05, 0) is 24.6 Å². The second-order valence-corrected chi connectivity index (χ2v) is 6.18. The fraction of sp³-hybridized carbons (Fsp3) is 0.238. The van der Waals surface area contributed by atoms with Crippen molar-refractivity contribution >= 4 is 22.5 Å². The number of fused-ring (bicyclic) bond motifs is 1. The molecule has 0 fully saturated rings. The Kier molecular flexibility index (Phi) is 6.02. The average molecular weight is 376 g/mol. The fourth-order valence-corrected chi connectivity index (χ4v) is 2.87. The number of unbranched alkanes of at least 4 members (excludes halogenated alkanes) is 1. The Morgan fingerprint density at radius 3 is 2.75 bits per heavy atom. The monoisotopic (exact) mass is 376 g/mol. The number of nitrogens with zero attached hydrogens (tertiary/aromatic N) is 4. The molecular weight excluding hydrogens is 356 g/mol. The topological polar surface area (TPSA) is 100.0 Å². The van der Waals surface area contributed by atoms with E-state index < -0.39 is 5.91 Å². The van der Waals surface area contributed by atoms with Gasteiger partial charge in [-0.25, -0.2) is 0 Å². The van der Waals surface area contributed by atoms with Crippen LogP contribution in [0.4, 0.5) is 5.69 Å². The van der Waals surface area contributed by atoms with Gasteiger partial charge in [-0.1, -0.05) is 43.7 Å². The second-order valence-electron chi connectivity index (χ2n) is 6.18. The van der Waals surface area contributed by atoms with Gasteiger partial charge in [-0.3, -0.25) is 4.79 Å². The van der Waals surface area contributed by atoms with Gasteiger partial charge in [-0.15, -0.1) is 10.2 Å². The third kappa shape index (κ3) is 4.01. The summed E-state index contributed by atoms with van der Waals surface area (Å²) in [5, 5.41) is 28.0. The molecule has 28 heavy (non-hydrogen) atoms. The van der Waals surface area contributed by atoms with Crippen LogP contribution in [0.5, 0.6) is 11.6 Å². The third-order valence-corrected chi connectivity index (χ3v) is 4.27. The van der Waals surface area contributed by atoms with Crippen molar-refractivity contribution in [3.05, 3.63) is 54.1 Å². The molecule has 3 rings (SSSR count). The first-order valence-electron chi connectivity index (χ1n) is 9.02. The Morgan fingerprint density at radius 1 is 1.21 bits per heavy atom. The Morgan fingerprint density at radius 2 is 1.96 bits per heavy atom. The molecule has 0 bridgehead atoms. The summed E-state index contributed by atoms with van der Waals surface area (Å²) >= 11 is 0. The minimum absolute atomic E-state index is 0.0121. The van der Waals surface area contributed by atoms with Crippen LogP contribution in [-0.2, 0) is 11.3 Å². The van der Waals surface area contributed by atoms with Crippen LogP contribution in [0.3, 0.4) is 0 Å². The lowest BCUT2D eigenvalue weighted by molar-refractivity contribution is -0.120. The van der Waals surface area contributed by atoms with E-state index in [-0.39, 0.29) is 18.2 Å². The molecule has 142 valence electrons. The lowest BCUT2D eigenvalue weighted by Gasteiger charge is -2.05. The molecule has 0 saturated heterocycles. The average Bonchev–Trinajstić information content (AvgIpc) is 3.00. The first-order valence-corrected chi connectivity index (χ1v) is 9.02. The predicted octanol–water partition coefficient (Wildman–Crippen LogP) is 4.71. The largest absolute Gasteiger partial charge is 0.493 e. The number of rotatable bonds is 7. The zero-order chi connectivity index (χ0) is 19.9. The van der Waals surface area contributed by atoms with E-state index in [9.17, 15) is 9.90 Å². The van der Waals surface area contributed by atoms with E-state index in [1.54, 1.807) is 28.8 Å². The Balaban J connectivity index is 1.78. The third-order valence-electron chi connectivity index (χ3n) is 4.27. The second kappa shape index (κ2) is 8.82. The standard InChI is InChI=1S/C21H20N4O3/c1-2-3-12-25-17-10-6-5-9-16(17)20(21(25)27)24-23-19(26)14-28-18-11-7-4-8-15(18)13-22/h4-11,27H,2-3,12,14H2,1H3. The van der Waals surface area contributed by atoms with E-state index in [0.29, 0.717) is 17.9 Å². The van der Waals surface area contributed by atoms with Gasteiger partial charge in [0.1, 0.15) is 11.8 Å². The molecule has 7 heteroatoms. The van der Waals surface area contributed by atoms with Gasteiger partial charge < -0.3 is 14.4 Å². The Hall–Kier alpha value is -3.66. The summed E-state index contributed by atoms with van der Waals surface area (Å²) in [6.07, 6.45) is 1.90. The lowest BCUT2D eigenvalue weighted by atomic mass is 10.2. The van der Waals surface area contributed by atoms with Crippen LogP contribution in [-0.4, -0.2) is 22.2 Å². The number of hydrogen-bond donors (Lipinski definition) is 1. The number of aromatic nitrogens is 1. The van der Waals surface area contributed by atoms with Crippen LogP contribution >= 0.6 is 0 Å². The van der Waals surface area contributed by atoms with Crippen molar-refractivity contribution in [2.24, 2.45) is 10.2 Å². The predicted molar refractivity (Wildman–Crippen MR) is 105 cm³/mol. The fourth-order valence-electron chi connectivity index (χ4n) is 2.87. The van der Waals surface area contributed by atoms with Gasteiger partial charge in [0.15, 0.2) is 12.3 Å². The quantitative estimate of drug-likeness (QED) is 0.604. The summed E-state index contributed by atoms with van der Waals surface area (Å²) in [6.45, 7) is 2.38. The number of azo groups is 1. The maximum Gasteiger partial charge on any atom is 0.302 e. The van der Waals surface area contributed by atoms with E-state index in [4.69, 9.17) is 10.00 Å². The molecule has 1 N–H and O–H groups in total. The maximum absolute atomic E-state index is 12.1. The van der Waals surface area contributed by atoms with Gasteiger partial charge in [0.05, 0.1) is 11.1 Å². The van der Waals surface area contributed by atoms with Gasteiger partial charge in [0.25, 0.3) is 0 Å². The highest BCUT2D eigenvalue weighted by Crippen LogP contribution is 2.38. The van der Waals surface area contributed by atoms with E-state index in [1.165, 1.54) is 0 Å². The number of carbonyl (C=O) groups excluding carboxylic acids is 1. The zero-order valence-corrected chi connectivity index (χ0v) is 15.5. The molecule has 2 aromatic carbocycles. The highest BCUT2D eigenvalue weighted by Gasteiger charge is 2.16. The van der Waals surface area contributed by atoms with Crippen LogP contribution in [0.2, 0.25) is 0 Å². The molecule has 1 aromatic heterocycles. The van der Waals surface area contributed by atoms with Crippen molar-refractivity contribution in [2.75, 3.05) is 6.61 Å². The van der Waals surface area contributed by atoms with Crippen molar-refractivity contribution in [2.45, 2.75) is 26.3 Å². The number of aryl methyl sites for hydroxylation is 1. The highest BCUT2D eigenvalue weighted by atomic mass is 16.5. The number of amides is 1. The van der Waals surface area contributed by atoms with Gasteiger partial charge in [0, 0.05) is 11.9 Å². The summed E-state index contributed by atoms with van der Waals surface area (Å²) in [5.74, 6) is -0.313. The number of ether oxygens (including phenoxy) is 1. The number of benzene rings is 2. The van der Waals surface area contributed by atoms with Gasteiger partial charge in [0.2, 0.25) is 5.88 Å². The normalized spacial score (nSPS) is 11.0. The van der Waals surface area contributed by atoms with Gasteiger partial charge >= 0.3 is 5.91 Å². The lowest BCUT2D eigenvalue weighted by Crippen LogP contribution is -2.08. The SMILES string of the molecule is CCCCn1c(O)c(N=NC(=O)COc2ccccc2C#N)c2ccccc21. The number of nitriles is 1. The minimum atomic E-state index is -0.613. The van der Waals surface area contributed by atoms with E-state index in [0.717, 1.165) is 23.7 Å². The van der Waals surface area contributed by atoms with Crippen molar-refractivity contribution in [3.63, 3.8) is 0 Å². The van der Waals surface area contributed by atoms with E-state index in [1.807, 2.05) is 30.3 Å². The van der Waals surface area contributed by atoms with Crippen molar-refractivity contribution < 1.29 is 14.6 Å². The number of hydrogen-bond acceptors (Lipinski definition) is 5. The molecule has 7 nitrogen and oxygen atoms in total. The molecule has 0 aliphatic carbocycles. The molecule has 0 radical (unpaired) electrons. The summed E-state index contributed by atoms with van der Waals surface area (Å²) in [4.78, 5) is 12.1. The first-order chi connectivity index (χ1) is 13.7. The van der Waals surface area contributed by atoms with Crippen LogP contribution < -0.4 is 4.74 Å². The van der Waals surface area contributed by atoms with E-state index in [2.05, 4.69) is 17.2 Å². The number of para-hydroxylation sites is 2. The molecule has 1 heterocycles. The summed E-state index contributed by atoms with van der Waals surface area (Å²) in [5.41, 5.74) is 1.44. The highest BCUT2D eigenvalue weighted by molar-refractivity contribution is 5.95. The molecule has 1 amide bonds. The Labute approximate surface area is 162 Å². The van der Waals surface area contributed by atoms with Crippen molar-refractivity contribution in [1.29, 1.82) is 5.26 Å². The molecule has 0 saturated carbocycles. The summed E-state index contributed by atoms with van der Waals surface area (Å²) in [7, 11) is 0. The zero-order valence-electron chi connectivity index (χ0n) is 15.5.